The van der Waals surface area contributed by atoms with Crippen LogP contribution in [0, 0.1) is 68.0 Å². The van der Waals surface area contributed by atoms with Gasteiger partial charge in [0.2, 0.25) is 0 Å². The van der Waals surface area contributed by atoms with Crippen LogP contribution < -0.4 is 9.47 Å². The molecule has 0 bridgehead atoms. The van der Waals surface area contributed by atoms with Gasteiger partial charge in [-0.05, 0) is 80.9 Å². The van der Waals surface area contributed by atoms with E-state index in [0.29, 0.717) is 55.7 Å². The zero-order valence-corrected chi connectivity index (χ0v) is 25.7. The molecule has 0 saturated heterocycles. The van der Waals surface area contributed by atoms with Gasteiger partial charge in [0.1, 0.15) is 59.1 Å². The Balaban J connectivity index is 1.59. The van der Waals surface area contributed by atoms with Gasteiger partial charge in [0.15, 0.2) is 0 Å². The molecule has 0 saturated carbocycles. The van der Waals surface area contributed by atoms with Crippen molar-refractivity contribution in [2.24, 2.45) is 0 Å². The Morgan fingerprint density at radius 2 is 0.769 bits per heavy atom. The number of hydrogen-bond donors (Lipinski definition) is 0. The van der Waals surface area contributed by atoms with E-state index < -0.39 is 35.4 Å². The van der Waals surface area contributed by atoms with Crippen molar-refractivity contribution in [2.75, 3.05) is 0 Å². The third-order valence-corrected chi connectivity index (χ3v) is 8.13. The average Bonchev–Trinajstić information content (AvgIpc) is 3.61. The molecule has 0 N–H and O–H groups in total. The Kier molecular flexibility index (Phi) is 8.26. The van der Waals surface area contributed by atoms with Crippen molar-refractivity contribution in [3.63, 3.8) is 0 Å². The van der Waals surface area contributed by atoms with Gasteiger partial charge in [-0.15, -0.1) is 26.3 Å². The maximum Gasteiger partial charge on any atom is 0.573 e. The number of halogens is 6. The van der Waals surface area contributed by atoms with Crippen LogP contribution in [0.15, 0.2) is 83.9 Å². The fourth-order valence-electron chi connectivity index (χ4n) is 6.17. The van der Waals surface area contributed by atoms with E-state index in [1.54, 1.807) is 48.5 Å². The Labute approximate surface area is 289 Å². The lowest BCUT2D eigenvalue weighted by molar-refractivity contribution is -0.275. The SMILES string of the molecule is N#CC(C#N)=C1C2=C(C(=C(C#N)C#N)c3ccc(-c4ccc(OC(F)(F)F)c(C#N)c4)cc32)c2cc(-c3ccc(OC(F)(F)F)c(C#N)c3)ccc21. The van der Waals surface area contributed by atoms with Gasteiger partial charge in [-0.25, -0.2) is 0 Å². The first-order chi connectivity index (χ1) is 24.7. The highest BCUT2D eigenvalue weighted by atomic mass is 19.4. The number of hydrogen-bond acceptors (Lipinski definition) is 8. The van der Waals surface area contributed by atoms with E-state index >= 15 is 0 Å². The van der Waals surface area contributed by atoms with Crippen LogP contribution >= 0.6 is 0 Å². The fraction of sp³-hybridized carbons (Fsp3) is 0.0526. The minimum absolute atomic E-state index is 0.156. The molecular formula is C38H12F6N6O2. The lowest BCUT2D eigenvalue weighted by Gasteiger charge is -2.15. The summed E-state index contributed by atoms with van der Waals surface area (Å²) in [6.45, 7) is 0. The molecule has 14 heteroatoms. The molecule has 0 unspecified atom stereocenters. The Bertz CT molecular complexity index is 2410. The molecule has 4 aromatic carbocycles. The van der Waals surface area contributed by atoms with Crippen LogP contribution in [0.2, 0.25) is 0 Å². The van der Waals surface area contributed by atoms with Crippen LogP contribution in [0.25, 0.3) is 44.5 Å². The lowest BCUT2D eigenvalue weighted by atomic mass is 9.87. The predicted octanol–water partition coefficient (Wildman–Crippen LogP) is 9.10. The van der Waals surface area contributed by atoms with E-state index in [-0.39, 0.29) is 22.3 Å². The minimum Gasteiger partial charge on any atom is -0.404 e. The molecule has 0 radical (unpaired) electrons. The average molecular weight is 699 g/mol. The van der Waals surface area contributed by atoms with Crippen molar-refractivity contribution >= 4 is 22.3 Å². The molecule has 0 fully saturated rings. The largest absolute Gasteiger partial charge is 0.573 e. The summed E-state index contributed by atoms with van der Waals surface area (Å²) in [6, 6.07) is 27.2. The van der Waals surface area contributed by atoms with Gasteiger partial charge in [0.25, 0.3) is 0 Å². The van der Waals surface area contributed by atoms with Crippen molar-refractivity contribution in [3.05, 3.63) is 117 Å². The van der Waals surface area contributed by atoms with Crippen molar-refractivity contribution in [1.29, 1.82) is 31.6 Å². The van der Waals surface area contributed by atoms with Gasteiger partial charge in [-0.3, -0.25) is 0 Å². The summed E-state index contributed by atoms with van der Waals surface area (Å²) < 4.78 is 85.5. The topological polar surface area (TPSA) is 161 Å². The molecule has 0 atom stereocenters. The molecule has 52 heavy (non-hydrogen) atoms. The molecule has 0 heterocycles. The molecule has 6 rings (SSSR count). The van der Waals surface area contributed by atoms with Gasteiger partial charge in [-0.1, -0.05) is 36.4 Å². The maximum absolute atomic E-state index is 12.9. The number of allylic oxidation sites excluding steroid dienone is 6. The molecule has 2 aliphatic carbocycles. The summed E-state index contributed by atoms with van der Waals surface area (Å²) in [5, 5.41) is 59.2. The molecule has 0 aromatic heterocycles. The van der Waals surface area contributed by atoms with Crippen LogP contribution in [0.5, 0.6) is 11.5 Å². The summed E-state index contributed by atoms with van der Waals surface area (Å²) in [5.74, 6) is -1.43. The van der Waals surface area contributed by atoms with Crippen molar-refractivity contribution in [3.8, 4) is 70.2 Å². The van der Waals surface area contributed by atoms with E-state index in [1.807, 2.05) is 24.3 Å². The van der Waals surface area contributed by atoms with E-state index in [1.165, 1.54) is 24.3 Å². The number of fused-ring (bicyclic) bond motifs is 4. The number of rotatable bonds is 4. The van der Waals surface area contributed by atoms with Gasteiger partial charge in [0, 0.05) is 22.3 Å². The number of benzene rings is 4. The van der Waals surface area contributed by atoms with Crippen molar-refractivity contribution in [1.82, 2.24) is 0 Å². The van der Waals surface area contributed by atoms with Gasteiger partial charge >= 0.3 is 12.7 Å². The zero-order valence-electron chi connectivity index (χ0n) is 25.7. The summed E-state index contributed by atoms with van der Waals surface area (Å²) in [6.07, 6.45) is -10.1. The van der Waals surface area contributed by atoms with Crippen molar-refractivity contribution in [2.45, 2.75) is 12.7 Å². The highest BCUT2D eigenvalue weighted by molar-refractivity contribution is 6.38. The minimum atomic E-state index is -5.05. The first-order valence-electron chi connectivity index (χ1n) is 14.5. The van der Waals surface area contributed by atoms with Gasteiger partial charge < -0.3 is 9.47 Å². The van der Waals surface area contributed by atoms with Crippen LogP contribution in [-0.2, 0) is 0 Å². The molecule has 0 spiro atoms. The second kappa shape index (κ2) is 12.6. The zero-order chi connectivity index (χ0) is 37.5. The number of nitrogens with zero attached hydrogens (tertiary/aromatic N) is 6. The Morgan fingerprint density at radius 3 is 1.08 bits per heavy atom. The normalized spacial score (nSPS) is 12.5. The second-order valence-electron chi connectivity index (χ2n) is 11.0. The number of nitriles is 6. The van der Waals surface area contributed by atoms with Gasteiger partial charge in [-0.2, -0.15) is 31.6 Å². The molecule has 4 aromatic rings. The lowest BCUT2D eigenvalue weighted by Crippen LogP contribution is -2.17. The van der Waals surface area contributed by atoms with E-state index in [2.05, 4.69) is 9.47 Å². The molecule has 0 amide bonds. The smallest absolute Gasteiger partial charge is 0.404 e. The van der Waals surface area contributed by atoms with Crippen LogP contribution in [-0.4, -0.2) is 12.7 Å². The molecule has 2 aliphatic rings. The Morgan fingerprint density at radius 1 is 0.442 bits per heavy atom. The number of alkyl halides is 6. The van der Waals surface area contributed by atoms with E-state index in [9.17, 15) is 57.9 Å². The summed E-state index contributed by atoms with van der Waals surface area (Å²) >= 11 is 0. The standard InChI is InChI=1S/C38H12F6N6O2/c39-37(40,41)51-31-7-3-19(9-23(31)13-45)21-1-5-27-29(11-21)35-34(26(17-49)18-50)28-6-2-22(12-30(28)36(35)33(27)25(15-47)16-48)20-4-8-32(24(10-20)14-46)52-38(42,43)44/h1-12H. The van der Waals surface area contributed by atoms with E-state index in [0.717, 1.165) is 12.1 Å². The first kappa shape index (κ1) is 34.1. The predicted molar refractivity (Wildman–Crippen MR) is 170 cm³/mol. The summed E-state index contributed by atoms with van der Waals surface area (Å²) in [5.41, 5.74) is 2.21. The fourth-order valence-corrected chi connectivity index (χ4v) is 6.17. The monoisotopic (exact) mass is 698 g/mol. The quantitative estimate of drug-likeness (QED) is 0.151. The third kappa shape index (κ3) is 5.90. The Hall–Kier alpha value is -7.78. The summed E-state index contributed by atoms with van der Waals surface area (Å²) in [7, 11) is 0. The highest BCUT2D eigenvalue weighted by Gasteiger charge is 2.40. The maximum atomic E-state index is 12.9. The highest BCUT2D eigenvalue weighted by Crippen LogP contribution is 2.60. The van der Waals surface area contributed by atoms with Crippen molar-refractivity contribution < 1.29 is 35.8 Å². The van der Waals surface area contributed by atoms with E-state index in [4.69, 9.17) is 0 Å². The number of ether oxygens (including phenoxy) is 2. The van der Waals surface area contributed by atoms with Crippen LogP contribution in [0.4, 0.5) is 26.3 Å². The molecule has 8 nitrogen and oxygen atoms in total. The molecular weight excluding hydrogens is 686 g/mol. The summed E-state index contributed by atoms with van der Waals surface area (Å²) in [4.78, 5) is 0. The second-order valence-corrected chi connectivity index (χ2v) is 11.0. The molecule has 0 aliphatic heterocycles. The first-order valence-corrected chi connectivity index (χ1v) is 14.5. The van der Waals surface area contributed by atoms with Crippen LogP contribution in [0.3, 0.4) is 0 Å². The molecule has 248 valence electrons. The third-order valence-electron chi connectivity index (χ3n) is 8.13. The van der Waals surface area contributed by atoms with Crippen LogP contribution in [0.1, 0.15) is 33.4 Å². The van der Waals surface area contributed by atoms with Gasteiger partial charge in [0.05, 0.1) is 11.1 Å².